The number of alkyl halides is 1. The van der Waals surface area contributed by atoms with Gasteiger partial charge in [-0.25, -0.2) is 18.9 Å². The number of aliphatic hydroxyl groups is 1. The molecular weight excluding hydrogens is 489 g/mol. The van der Waals surface area contributed by atoms with Gasteiger partial charge < -0.3 is 20.6 Å². The number of carbonyl (C=O) groups is 1. The third-order valence-electron chi connectivity index (χ3n) is 6.31. The Kier molecular flexibility index (Phi) is 6.61. The molecule has 12 heteroatoms. The highest BCUT2D eigenvalue weighted by Gasteiger charge is 2.27. The van der Waals surface area contributed by atoms with Gasteiger partial charge in [0.05, 0.1) is 70.1 Å². The van der Waals surface area contributed by atoms with E-state index in [1.165, 1.54) is 26.2 Å². The summed E-state index contributed by atoms with van der Waals surface area (Å²) in [7, 11) is 0. The number of nitrogens with zero attached hydrogens (tertiary/aromatic N) is 7. The summed E-state index contributed by atoms with van der Waals surface area (Å²) < 4.78 is 15.9. The fraction of sp³-hybridized carbons (Fsp3) is 0.308. The van der Waals surface area contributed by atoms with Gasteiger partial charge in [0.15, 0.2) is 0 Å². The van der Waals surface area contributed by atoms with Crippen LogP contribution in [0, 0.1) is 11.3 Å². The normalized spacial score (nSPS) is 14.0. The summed E-state index contributed by atoms with van der Waals surface area (Å²) in [6.45, 7) is 4.14. The van der Waals surface area contributed by atoms with Gasteiger partial charge >= 0.3 is 0 Å². The Bertz CT molecular complexity index is 1520. The number of anilines is 3. The first-order chi connectivity index (χ1) is 18.2. The molecule has 0 aliphatic carbocycles. The van der Waals surface area contributed by atoms with Crippen molar-refractivity contribution in [2.24, 2.45) is 0 Å². The molecule has 1 unspecified atom stereocenters. The molecule has 11 nitrogen and oxygen atoms in total. The topological polar surface area (TPSA) is 144 Å². The smallest absolute Gasteiger partial charge is 0.255 e. The van der Waals surface area contributed by atoms with E-state index in [1.54, 1.807) is 29.0 Å². The molecular formula is C26H26FN9O2. The highest BCUT2D eigenvalue weighted by molar-refractivity contribution is 6.00. The number of carbonyl (C=O) groups excluding carboxylic acids is 1. The lowest BCUT2D eigenvalue weighted by molar-refractivity contribution is -0.00177. The highest BCUT2D eigenvalue weighted by Crippen LogP contribution is 2.28. The maximum absolute atomic E-state index is 14.3. The Hall–Kier alpha value is -4.63. The zero-order chi connectivity index (χ0) is 26.9. The Labute approximate surface area is 218 Å². The number of rotatable bonds is 8. The molecule has 194 valence electrons. The molecule has 1 amide bonds. The van der Waals surface area contributed by atoms with Crippen molar-refractivity contribution in [3.8, 4) is 17.5 Å². The van der Waals surface area contributed by atoms with Crippen molar-refractivity contribution in [3.05, 3.63) is 60.2 Å². The van der Waals surface area contributed by atoms with Crippen LogP contribution in [0.4, 0.5) is 21.7 Å². The summed E-state index contributed by atoms with van der Waals surface area (Å²) in [5, 5.41) is 29.1. The van der Waals surface area contributed by atoms with Crippen LogP contribution in [-0.2, 0) is 0 Å². The van der Waals surface area contributed by atoms with Crippen LogP contribution in [0.3, 0.4) is 0 Å². The fourth-order valence-corrected chi connectivity index (χ4v) is 3.88. The minimum atomic E-state index is -1.66. The highest BCUT2D eigenvalue weighted by atomic mass is 19.1. The van der Waals surface area contributed by atoms with Crippen molar-refractivity contribution < 1.29 is 14.3 Å². The van der Waals surface area contributed by atoms with Gasteiger partial charge in [-0.15, -0.1) is 0 Å². The lowest BCUT2D eigenvalue weighted by Crippen LogP contribution is -2.42. The maximum atomic E-state index is 14.3. The number of hydrogen-bond donors (Lipinski definition) is 3. The van der Waals surface area contributed by atoms with Crippen molar-refractivity contribution >= 4 is 28.7 Å². The van der Waals surface area contributed by atoms with Gasteiger partial charge in [0, 0.05) is 19.3 Å². The van der Waals surface area contributed by atoms with E-state index in [2.05, 4.69) is 41.7 Å². The van der Waals surface area contributed by atoms with E-state index in [9.17, 15) is 14.3 Å². The van der Waals surface area contributed by atoms with Crippen LogP contribution in [0.15, 0.2) is 49.1 Å². The first kappa shape index (κ1) is 25.0. The third kappa shape index (κ3) is 5.09. The van der Waals surface area contributed by atoms with Crippen molar-refractivity contribution in [1.82, 2.24) is 29.9 Å². The average Bonchev–Trinajstić information content (AvgIpc) is 3.29. The second-order valence-corrected chi connectivity index (χ2v) is 9.59. The monoisotopic (exact) mass is 515 g/mol. The summed E-state index contributed by atoms with van der Waals surface area (Å²) >= 11 is 0. The summed E-state index contributed by atoms with van der Waals surface area (Å²) in [5.74, 6) is 0.0756. The van der Waals surface area contributed by atoms with E-state index in [0.29, 0.717) is 39.8 Å². The van der Waals surface area contributed by atoms with Crippen LogP contribution < -0.4 is 15.5 Å². The fourth-order valence-electron chi connectivity index (χ4n) is 3.88. The number of nitrogens with one attached hydrogen (secondary N) is 2. The molecule has 1 aliphatic rings. The lowest BCUT2D eigenvalue weighted by Gasteiger charge is -2.30. The van der Waals surface area contributed by atoms with Crippen LogP contribution in [0.1, 0.15) is 36.2 Å². The molecule has 0 bridgehead atoms. The summed E-state index contributed by atoms with van der Waals surface area (Å²) in [6, 6.07) is 9.10. The number of halogens is 1. The first-order valence-corrected chi connectivity index (χ1v) is 12.1. The molecule has 0 saturated carbocycles. The van der Waals surface area contributed by atoms with Gasteiger partial charge in [0.1, 0.15) is 12.2 Å². The van der Waals surface area contributed by atoms with E-state index in [-0.39, 0.29) is 12.1 Å². The molecule has 0 aromatic carbocycles. The standard InChI is InChI=1S/C26H26FN9O2/c1-26(2,38)23(27)15-30-24(37)19-14-29-21(22-5-4-18-8-16(10-28)11-33-36(18)22)9-20(19)34-17-12-31-25(32-13-17)35-6-3-7-35/h4-5,8-9,11-14,23,38H,3,6-7,15H2,1-2H3,(H,29,34)(H,30,37). The summed E-state index contributed by atoms with van der Waals surface area (Å²) in [5.41, 5.74) is 1.84. The van der Waals surface area contributed by atoms with E-state index in [0.717, 1.165) is 19.5 Å². The molecule has 3 N–H and O–H groups in total. The van der Waals surface area contributed by atoms with Crippen LogP contribution in [0.25, 0.3) is 16.9 Å². The zero-order valence-electron chi connectivity index (χ0n) is 20.9. The minimum absolute atomic E-state index is 0.170. The Morgan fingerprint density at radius 3 is 2.61 bits per heavy atom. The van der Waals surface area contributed by atoms with Crippen molar-refractivity contribution in [1.29, 1.82) is 5.26 Å². The van der Waals surface area contributed by atoms with Crippen LogP contribution in [0.5, 0.6) is 0 Å². The molecule has 38 heavy (non-hydrogen) atoms. The Balaban J connectivity index is 1.47. The molecule has 1 aliphatic heterocycles. The van der Waals surface area contributed by atoms with Crippen molar-refractivity contribution in [3.63, 3.8) is 0 Å². The number of pyridine rings is 1. The molecule has 5 heterocycles. The quantitative estimate of drug-likeness (QED) is 0.323. The first-order valence-electron chi connectivity index (χ1n) is 12.1. The maximum Gasteiger partial charge on any atom is 0.255 e. The average molecular weight is 516 g/mol. The number of nitriles is 1. The van der Waals surface area contributed by atoms with Crippen LogP contribution >= 0.6 is 0 Å². The number of hydrogen-bond acceptors (Lipinski definition) is 9. The van der Waals surface area contributed by atoms with Gasteiger partial charge in [-0.2, -0.15) is 10.4 Å². The van der Waals surface area contributed by atoms with Crippen molar-refractivity contribution in [2.75, 3.05) is 29.9 Å². The van der Waals surface area contributed by atoms with E-state index in [1.807, 2.05) is 12.1 Å². The van der Waals surface area contributed by atoms with Crippen LogP contribution in [0.2, 0.25) is 0 Å². The van der Waals surface area contributed by atoms with Gasteiger partial charge in [-0.3, -0.25) is 9.78 Å². The molecule has 0 spiro atoms. The molecule has 1 saturated heterocycles. The molecule has 4 aromatic heterocycles. The number of fused-ring (bicyclic) bond motifs is 1. The summed E-state index contributed by atoms with van der Waals surface area (Å²) in [4.78, 5) is 28.4. The second kappa shape index (κ2) is 10.0. The SMILES string of the molecule is CC(C)(O)C(F)CNC(=O)c1cnc(-c2ccc3cc(C#N)cnn23)cc1Nc1cnc(N2CCC2)nc1. The van der Waals surface area contributed by atoms with Crippen molar-refractivity contribution in [2.45, 2.75) is 32.0 Å². The third-order valence-corrected chi connectivity index (χ3v) is 6.31. The number of amides is 1. The van der Waals surface area contributed by atoms with Gasteiger partial charge in [0.2, 0.25) is 5.95 Å². The second-order valence-electron chi connectivity index (χ2n) is 9.59. The number of aromatic nitrogens is 5. The molecule has 5 rings (SSSR count). The Morgan fingerprint density at radius 1 is 1.18 bits per heavy atom. The van der Waals surface area contributed by atoms with E-state index < -0.39 is 17.7 Å². The lowest BCUT2D eigenvalue weighted by atomic mass is 10.0. The zero-order valence-corrected chi connectivity index (χ0v) is 20.9. The Morgan fingerprint density at radius 2 is 1.95 bits per heavy atom. The molecule has 0 radical (unpaired) electrons. The van der Waals surface area contributed by atoms with Gasteiger partial charge in [0.25, 0.3) is 5.91 Å². The minimum Gasteiger partial charge on any atom is -0.387 e. The molecule has 1 atom stereocenters. The predicted molar refractivity (Wildman–Crippen MR) is 139 cm³/mol. The van der Waals surface area contributed by atoms with Gasteiger partial charge in [-0.1, -0.05) is 0 Å². The summed E-state index contributed by atoms with van der Waals surface area (Å²) in [6.07, 6.45) is 5.56. The van der Waals surface area contributed by atoms with Crippen LogP contribution in [-0.4, -0.2) is 67.0 Å². The predicted octanol–water partition coefficient (Wildman–Crippen LogP) is 2.85. The molecule has 1 fully saturated rings. The molecule has 4 aromatic rings. The van der Waals surface area contributed by atoms with E-state index >= 15 is 0 Å². The largest absolute Gasteiger partial charge is 0.387 e. The van der Waals surface area contributed by atoms with Gasteiger partial charge in [-0.05, 0) is 44.5 Å². The van der Waals surface area contributed by atoms with E-state index in [4.69, 9.17) is 5.26 Å².